The monoisotopic (exact) mass is 252 g/mol. The molecule has 6 heteroatoms. The molecule has 0 saturated heterocycles. The molecule has 1 saturated carbocycles. The lowest BCUT2D eigenvalue weighted by Crippen LogP contribution is -2.48. The maximum atomic E-state index is 12.0. The van der Waals surface area contributed by atoms with Gasteiger partial charge in [-0.2, -0.15) is 0 Å². The highest BCUT2D eigenvalue weighted by molar-refractivity contribution is 5.95. The molecule has 0 aromatic carbocycles. The topological polar surface area (TPSA) is 91.6 Å². The zero-order valence-electron chi connectivity index (χ0n) is 10.0. The van der Waals surface area contributed by atoms with Gasteiger partial charge < -0.3 is 20.1 Å². The molecular formula is C12H16N2O4. The molecule has 3 N–H and O–H groups in total. The minimum atomic E-state index is -1.29. The Balaban J connectivity index is 2.11. The maximum Gasteiger partial charge on any atom is 0.328 e. The number of aliphatic carboxylic acids is 1. The first-order valence-corrected chi connectivity index (χ1v) is 5.89. The van der Waals surface area contributed by atoms with Crippen molar-refractivity contribution < 1.29 is 19.8 Å². The van der Waals surface area contributed by atoms with Crippen LogP contribution in [0.5, 0.6) is 0 Å². The molecule has 1 aromatic rings. The van der Waals surface area contributed by atoms with Gasteiger partial charge in [-0.15, -0.1) is 0 Å². The second-order valence-electron chi connectivity index (χ2n) is 4.56. The third-order valence-corrected chi connectivity index (χ3v) is 2.99. The number of nitrogens with zero attached hydrogens (tertiary/aromatic N) is 1. The zero-order valence-corrected chi connectivity index (χ0v) is 10.0. The van der Waals surface area contributed by atoms with Crippen molar-refractivity contribution in [2.75, 3.05) is 0 Å². The largest absolute Gasteiger partial charge is 0.480 e. The van der Waals surface area contributed by atoms with Crippen molar-refractivity contribution in [3.8, 4) is 0 Å². The van der Waals surface area contributed by atoms with Gasteiger partial charge in [0.05, 0.1) is 6.10 Å². The first-order valence-electron chi connectivity index (χ1n) is 5.89. The summed E-state index contributed by atoms with van der Waals surface area (Å²) < 4.78 is 1.84. The second kappa shape index (κ2) is 4.81. The smallest absolute Gasteiger partial charge is 0.328 e. The summed E-state index contributed by atoms with van der Waals surface area (Å²) in [5.41, 5.74) is 0.435. The fourth-order valence-corrected chi connectivity index (χ4v) is 1.86. The van der Waals surface area contributed by atoms with Gasteiger partial charge in [0.2, 0.25) is 0 Å². The Labute approximate surface area is 104 Å². The van der Waals surface area contributed by atoms with E-state index in [-0.39, 0.29) is 0 Å². The lowest BCUT2D eigenvalue weighted by atomic mass is 10.2. The molecule has 0 spiro atoms. The predicted octanol–water partition coefficient (Wildman–Crippen LogP) is 0.387. The van der Waals surface area contributed by atoms with Crippen LogP contribution in [-0.4, -0.2) is 38.8 Å². The number of carbonyl (C=O) groups excluding carboxylic acids is 1. The number of carboxylic acid groups (broad SMARTS) is 1. The van der Waals surface area contributed by atoms with Crippen LogP contribution < -0.4 is 5.32 Å². The van der Waals surface area contributed by atoms with Crippen LogP contribution in [-0.2, 0) is 4.79 Å². The van der Waals surface area contributed by atoms with Crippen molar-refractivity contribution in [1.82, 2.24) is 9.88 Å². The Morgan fingerprint density at radius 3 is 2.67 bits per heavy atom. The molecule has 1 heterocycles. The van der Waals surface area contributed by atoms with Gasteiger partial charge in [-0.05, 0) is 31.9 Å². The van der Waals surface area contributed by atoms with Gasteiger partial charge in [0.25, 0.3) is 5.91 Å². The van der Waals surface area contributed by atoms with E-state index in [4.69, 9.17) is 5.11 Å². The number of nitrogens with one attached hydrogen (secondary N) is 1. The molecule has 1 aliphatic carbocycles. The van der Waals surface area contributed by atoms with E-state index in [1.807, 2.05) is 10.8 Å². The van der Waals surface area contributed by atoms with E-state index in [0.29, 0.717) is 11.7 Å². The first-order chi connectivity index (χ1) is 8.50. The Kier molecular flexibility index (Phi) is 3.38. The number of carboxylic acids is 1. The van der Waals surface area contributed by atoms with Crippen molar-refractivity contribution in [3.05, 3.63) is 24.0 Å². The molecule has 6 nitrogen and oxygen atoms in total. The van der Waals surface area contributed by atoms with E-state index in [2.05, 4.69) is 5.32 Å². The van der Waals surface area contributed by atoms with Crippen LogP contribution in [0.2, 0.25) is 0 Å². The highest BCUT2D eigenvalue weighted by Crippen LogP contribution is 2.35. The highest BCUT2D eigenvalue weighted by atomic mass is 16.4. The normalized spacial score (nSPS) is 18.1. The van der Waals surface area contributed by atoms with Gasteiger partial charge in [-0.1, -0.05) is 0 Å². The predicted molar refractivity (Wildman–Crippen MR) is 63.3 cm³/mol. The van der Waals surface area contributed by atoms with E-state index >= 15 is 0 Å². The van der Waals surface area contributed by atoms with Crippen molar-refractivity contribution >= 4 is 11.9 Å². The summed E-state index contributed by atoms with van der Waals surface area (Å²) in [6.45, 7) is 1.33. The molecule has 2 atom stereocenters. The molecule has 1 amide bonds. The van der Waals surface area contributed by atoms with Crippen LogP contribution >= 0.6 is 0 Å². The van der Waals surface area contributed by atoms with Crippen molar-refractivity contribution in [2.45, 2.75) is 38.0 Å². The van der Waals surface area contributed by atoms with Crippen LogP contribution in [0.3, 0.4) is 0 Å². The Hall–Kier alpha value is -1.82. The molecule has 1 fully saturated rings. The molecule has 0 aliphatic heterocycles. The van der Waals surface area contributed by atoms with Gasteiger partial charge in [0.15, 0.2) is 6.04 Å². The molecule has 0 radical (unpaired) electrons. The summed E-state index contributed by atoms with van der Waals surface area (Å²) in [6.07, 6.45) is 2.74. The van der Waals surface area contributed by atoms with Crippen LogP contribution in [0.25, 0.3) is 0 Å². The average Bonchev–Trinajstić information content (AvgIpc) is 3.02. The SMILES string of the molecule is C[C@@H](O)[C@H](NC(=O)c1cccn1C1CC1)C(=O)O. The van der Waals surface area contributed by atoms with E-state index < -0.39 is 24.0 Å². The number of rotatable bonds is 5. The summed E-state index contributed by atoms with van der Waals surface area (Å²) in [5, 5.41) is 20.5. The number of carbonyl (C=O) groups is 2. The molecule has 2 rings (SSSR count). The van der Waals surface area contributed by atoms with E-state index in [1.54, 1.807) is 12.1 Å². The molecule has 0 bridgehead atoms. The molecule has 0 unspecified atom stereocenters. The number of aliphatic hydroxyl groups is 1. The standard InChI is InChI=1S/C12H16N2O4/c1-7(15)10(12(17)18)13-11(16)9-3-2-6-14(9)8-4-5-8/h2-3,6-8,10,15H,4-5H2,1H3,(H,13,16)(H,17,18)/t7-,10+/m1/s1. The molecule has 1 aromatic heterocycles. The summed E-state index contributed by atoms with van der Waals surface area (Å²) in [7, 11) is 0. The number of hydrogen-bond donors (Lipinski definition) is 3. The number of aromatic nitrogens is 1. The Morgan fingerprint density at radius 2 is 2.17 bits per heavy atom. The first kappa shape index (κ1) is 12.6. The fourth-order valence-electron chi connectivity index (χ4n) is 1.86. The quantitative estimate of drug-likeness (QED) is 0.706. The molecule has 1 aliphatic rings. The minimum Gasteiger partial charge on any atom is -0.480 e. The van der Waals surface area contributed by atoms with Crippen LogP contribution in [0.15, 0.2) is 18.3 Å². The summed E-state index contributed by atoms with van der Waals surface area (Å²) >= 11 is 0. The Bertz CT molecular complexity index is 462. The lowest BCUT2D eigenvalue weighted by molar-refractivity contribution is -0.141. The summed E-state index contributed by atoms with van der Waals surface area (Å²) in [6, 6.07) is 2.45. The van der Waals surface area contributed by atoms with Crippen molar-refractivity contribution in [1.29, 1.82) is 0 Å². The van der Waals surface area contributed by atoms with Gasteiger partial charge in [-0.25, -0.2) is 4.79 Å². The molecule has 98 valence electrons. The number of hydrogen-bond acceptors (Lipinski definition) is 3. The van der Waals surface area contributed by atoms with E-state index in [1.165, 1.54) is 6.92 Å². The molecular weight excluding hydrogens is 236 g/mol. The highest BCUT2D eigenvalue weighted by Gasteiger charge is 2.30. The fraction of sp³-hybridized carbons (Fsp3) is 0.500. The maximum absolute atomic E-state index is 12.0. The van der Waals surface area contributed by atoms with E-state index in [9.17, 15) is 14.7 Å². The van der Waals surface area contributed by atoms with E-state index in [0.717, 1.165) is 12.8 Å². The Morgan fingerprint density at radius 1 is 1.50 bits per heavy atom. The average molecular weight is 252 g/mol. The van der Waals surface area contributed by atoms with Gasteiger partial charge in [0.1, 0.15) is 5.69 Å². The minimum absolute atomic E-state index is 0.343. The van der Waals surface area contributed by atoms with Crippen LogP contribution in [0, 0.1) is 0 Å². The third kappa shape index (κ3) is 2.53. The number of amides is 1. The van der Waals surface area contributed by atoms with Crippen molar-refractivity contribution in [3.63, 3.8) is 0 Å². The van der Waals surface area contributed by atoms with Gasteiger partial charge in [0, 0.05) is 12.2 Å². The summed E-state index contributed by atoms with van der Waals surface area (Å²) in [5.74, 6) is -1.72. The van der Waals surface area contributed by atoms with Crippen molar-refractivity contribution in [2.24, 2.45) is 0 Å². The van der Waals surface area contributed by atoms with Crippen LogP contribution in [0.4, 0.5) is 0 Å². The summed E-state index contributed by atoms with van der Waals surface area (Å²) in [4.78, 5) is 22.9. The second-order valence-corrected chi connectivity index (χ2v) is 4.56. The lowest BCUT2D eigenvalue weighted by Gasteiger charge is -2.17. The van der Waals surface area contributed by atoms with Gasteiger partial charge >= 0.3 is 5.97 Å². The van der Waals surface area contributed by atoms with Crippen LogP contribution in [0.1, 0.15) is 36.3 Å². The van der Waals surface area contributed by atoms with Gasteiger partial charge in [-0.3, -0.25) is 4.79 Å². The third-order valence-electron chi connectivity index (χ3n) is 2.99. The zero-order chi connectivity index (χ0) is 13.3. The molecule has 18 heavy (non-hydrogen) atoms. The number of aliphatic hydroxyl groups excluding tert-OH is 1.